The van der Waals surface area contributed by atoms with Crippen molar-refractivity contribution in [3.8, 4) is 11.3 Å². The predicted octanol–water partition coefficient (Wildman–Crippen LogP) is 3.04. The first kappa shape index (κ1) is 18.1. The van der Waals surface area contributed by atoms with Gasteiger partial charge in [-0.25, -0.2) is 4.98 Å². The lowest BCUT2D eigenvalue weighted by atomic mass is 10.0. The number of pyridine rings is 2. The minimum atomic E-state index is -0.159. The second kappa shape index (κ2) is 7.76. The van der Waals surface area contributed by atoms with Crippen molar-refractivity contribution in [2.75, 3.05) is 13.1 Å². The van der Waals surface area contributed by atoms with E-state index in [1.165, 1.54) is 0 Å². The Labute approximate surface area is 163 Å². The molecule has 6 heteroatoms. The molecule has 1 aliphatic rings. The fourth-order valence-corrected chi connectivity index (χ4v) is 3.61. The summed E-state index contributed by atoms with van der Waals surface area (Å²) in [4.78, 5) is 35.5. The molecular weight excluding hydrogens is 352 g/mol. The monoisotopic (exact) mass is 374 g/mol. The molecule has 142 valence electrons. The molecule has 1 fully saturated rings. The van der Waals surface area contributed by atoms with E-state index < -0.39 is 0 Å². The summed E-state index contributed by atoms with van der Waals surface area (Å²) in [6.45, 7) is 3.23. The number of rotatable bonds is 5. The number of carbonyl (C=O) groups is 2. The Morgan fingerprint density at radius 3 is 2.75 bits per heavy atom. The van der Waals surface area contributed by atoms with Crippen molar-refractivity contribution >= 4 is 22.7 Å². The number of amides is 2. The lowest BCUT2D eigenvalue weighted by Gasteiger charge is -2.22. The van der Waals surface area contributed by atoms with Gasteiger partial charge >= 0.3 is 0 Å². The van der Waals surface area contributed by atoms with Gasteiger partial charge in [0.15, 0.2) is 0 Å². The molecule has 4 rings (SSSR count). The van der Waals surface area contributed by atoms with Crippen LogP contribution in [0.3, 0.4) is 0 Å². The number of nitrogens with zero attached hydrogens (tertiary/aromatic N) is 3. The SMILES string of the molecule is CC(CN1CCCC1=O)NC(=O)c1cc(-c2ccncc2)nc2ccccc12. The number of aromatic nitrogens is 2. The Morgan fingerprint density at radius 2 is 2.00 bits per heavy atom. The van der Waals surface area contributed by atoms with Crippen LogP contribution >= 0.6 is 0 Å². The molecule has 1 N–H and O–H groups in total. The fourth-order valence-electron chi connectivity index (χ4n) is 3.61. The smallest absolute Gasteiger partial charge is 0.252 e. The number of likely N-dealkylation sites (tertiary alicyclic amines) is 1. The van der Waals surface area contributed by atoms with Crippen molar-refractivity contribution < 1.29 is 9.59 Å². The van der Waals surface area contributed by atoms with Crippen molar-refractivity contribution in [3.05, 3.63) is 60.4 Å². The molecule has 2 amide bonds. The van der Waals surface area contributed by atoms with Crippen LogP contribution in [0.1, 0.15) is 30.1 Å². The molecule has 1 unspecified atom stereocenters. The Hall–Kier alpha value is -3.28. The zero-order valence-electron chi connectivity index (χ0n) is 15.8. The van der Waals surface area contributed by atoms with E-state index in [2.05, 4.69) is 10.3 Å². The number of carbonyl (C=O) groups excluding carboxylic acids is 2. The van der Waals surface area contributed by atoms with Crippen molar-refractivity contribution in [2.24, 2.45) is 0 Å². The highest BCUT2D eigenvalue weighted by atomic mass is 16.2. The minimum Gasteiger partial charge on any atom is -0.348 e. The largest absolute Gasteiger partial charge is 0.348 e. The molecule has 0 bridgehead atoms. The Morgan fingerprint density at radius 1 is 1.21 bits per heavy atom. The van der Waals surface area contributed by atoms with Crippen LogP contribution in [-0.2, 0) is 4.79 Å². The van der Waals surface area contributed by atoms with E-state index in [-0.39, 0.29) is 17.9 Å². The molecule has 1 aliphatic heterocycles. The zero-order valence-corrected chi connectivity index (χ0v) is 15.8. The van der Waals surface area contributed by atoms with Crippen molar-refractivity contribution in [3.63, 3.8) is 0 Å². The normalized spacial score (nSPS) is 15.0. The molecule has 28 heavy (non-hydrogen) atoms. The zero-order chi connectivity index (χ0) is 19.5. The van der Waals surface area contributed by atoms with Crippen LogP contribution in [0.5, 0.6) is 0 Å². The third kappa shape index (κ3) is 3.71. The van der Waals surface area contributed by atoms with Crippen molar-refractivity contribution in [1.29, 1.82) is 0 Å². The minimum absolute atomic E-state index is 0.133. The van der Waals surface area contributed by atoms with Gasteiger partial charge < -0.3 is 10.2 Å². The maximum atomic E-state index is 13.1. The van der Waals surface area contributed by atoms with Gasteiger partial charge in [0, 0.05) is 48.9 Å². The highest BCUT2D eigenvalue weighted by Crippen LogP contribution is 2.24. The lowest BCUT2D eigenvalue weighted by Crippen LogP contribution is -2.42. The summed E-state index contributed by atoms with van der Waals surface area (Å²) in [5.74, 6) is 0.00323. The standard InChI is InChI=1S/C22H22N4O2/c1-15(14-26-12-4-7-21(26)27)24-22(28)18-13-20(16-8-10-23-11-9-16)25-19-6-3-2-5-17(18)19/h2-3,5-6,8-11,13,15H,4,7,12,14H2,1H3,(H,24,28). The van der Waals surface area contributed by atoms with Crippen LogP contribution in [0, 0.1) is 0 Å². The van der Waals surface area contributed by atoms with Gasteiger partial charge in [-0.15, -0.1) is 0 Å². The summed E-state index contributed by atoms with van der Waals surface area (Å²) in [5.41, 5.74) is 2.99. The quantitative estimate of drug-likeness (QED) is 0.745. The van der Waals surface area contributed by atoms with Gasteiger partial charge in [0.2, 0.25) is 5.91 Å². The van der Waals surface area contributed by atoms with Crippen molar-refractivity contribution in [1.82, 2.24) is 20.2 Å². The average Bonchev–Trinajstić information content (AvgIpc) is 3.12. The van der Waals surface area contributed by atoms with E-state index in [0.717, 1.165) is 35.1 Å². The number of nitrogens with one attached hydrogen (secondary N) is 1. The first-order valence-corrected chi connectivity index (χ1v) is 9.50. The van der Waals surface area contributed by atoms with Gasteiger partial charge in [0.1, 0.15) is 0 Å². The summed E-state index contributed by atoms with van der Waals surface area (Å²) in [6.07, 6.45) is 4.91. The summed E-state index contributed by atoms with van der Waals surface area (Å²) in [5, 5.41) is 3.85. The first-order valence-electron chi connectivity index (χ1n) is 9.50. The number of para-hydroxylation sites is 1. The molecule has 0 spiro atoms. The van der Waals surface area contributed by atoms with Gasteiger partial charge in [-0.2, -0.15) is 0 Å². The van der Waals surface area contributed by atoms with Crippen molar-refractivity contribution in [2.45, 2.75) is 25.8 Å². The maximum Gasteiger partial charge on any atom is 0.252 e. The van der Waals surface area contributed by atoms with E-state index in [0.29, 0.717) is 18.5 Å². The Kier molecular flexibility index (Phi) is 5.02. The van der Waals surface area contributed by atoms with Crippen LogP contribution in [0.15, 0.2) is 54.9 Å². The number of hydrogen-bond acceptors (Lipinski definition) is 4. The second-order valence-electron chi connectivity index (χ2n) is 7.13. The summed E-state index contributed by atoms with van der Waals surface area (Å²) in [7, 11) is 0. The summed E-state index contributed by atoms with van der Waals surface area (Å²) < 4.78 is 0. The number of hydrogen-bond donors (Lipinski definition) is 1. The van der Waals surface area contributed by atoms with E-state index in [1.54, 1.807) is 12.4 Å². The summed E-state index contributed by atoms with van der Waals surface area (Å²) >= 11 is 0. The third-order valence-corrected chi connectivity index (χ3v) is 4.98. The molecule has 1 atom stereocenters. The first-order chi connectivity index (χ1) is 13.6. The lowest BCUT2D eigenvalue weighted by molar-refractivity contribution is -0.127. The van der Waals surface area contributed by atoms with Gasteiger partial charge in [-0.05, 0) is 37.6 Å². The van der Waals surface area contributed by atoms with Crippen LogP contribution in [0.25, 0.3) is 22.2 Å². The molecule has 1 saturated heterocycles. The molecule has 0 radical (unpaired) electrons. The van der Waals surface area contributed by atoms with Crippen LogP contribution in [-0.4, -0.2) is 45.8 Å². The van der Waals surface area contributed by atoms with Gasteiger partial charge in [0.05, 0.1) is 16.8 Å². The molecule has 3 aromatic rings. The molecule has 0 saturated carbocycles. The maximum absolute atomic E-state index is 13.1. The predicted molar refractivity (Wildman–Crippen MR) is 108 cm³/mol. The third-order valence-electron chi connectivity index (χ3n) is 4.98. The van der Waals surface area contributed by atoms with Gasteiger partial charge in [-0.1, -0.05) is 18.2 Å². The number of fused-ring (bicyclic) bond motifs is 1. The van der Waals surface area contributed by atoms with Crippen LogP contribution < -0.4 is 5.32 Å². The summed E-state index contributed by atoms with van der Waals surface area (Å²) in [6, 6.07) is 13.1. The molecule has 3 heterocycles. The molecule has 0 aliphatic carbocycles. The topological polar surface area (TPSA) is 75.2 Å². The van der Waals surface area contributed by atoms with E-state index >= 15 is 0 Å². The molecule has 1 aromatic carbocycles. The molecular formula is C22H22N4O2. The fraction of sp³-hybridized carbons (Fsp3) is 0.273. The van der Waals surface area contributed by atoms with Crippen LogP contribution in [0.2, 0.25) is 0 Å². The Balaban J connectivity index is 1.63. The van der Waals surface area contributed by atoms with E-state index in [1.807, 2.05) is 54.3 Å². The van der Waals surface area contributed by atoms with Gasteiger partial charge in [0.25, 0.3) is 5.91 Å². The highest BCUT2D eigenvalue weighted by Gasteiger charge is 2.23. The Bertz CT molecular complexity index is 1020. The second-order valence-corrected chi connectivity index (χ2v) is 7.13. The van der Waals surface area contributed by atoms with E-state index in [4.69, 9.17) is 4.98 Å². The van der Waals surface area contributed by atoms with E-state index in [9.17, 15) is 9.59 Å². The van der Waals surface area contributed by atoms with Gasteiger partial charge in [-0.3, -0.25) is 14.6 Å². The number of benzene rings is 1. The molecule has 2 aromatic heterocycles. The average molecular weight is 374 g/mol. The molecule has 6 nitrogen and oxygen atoms in total. The van der Waals surface area contributed by atoms with Crippen LogP contribution in [0.4, 0.5) is 0 Å². The highest BCUT2D eigenvalue weighted by molar-refractivity contribution is 6.07.